The fraction of sp³-hybridized carbons (Fsp3) is 0.846. The molecule has 2 rings (SSSR count). The normalized spacial score (nSPS) is 38.1. The van der Waals surface area contributed by atoms with Crippen molar-refractivity contribution in [1.29, 1.82) is 0 Å². The van der Waals surface area contributed by atoms with E-state index in [0.29, 0.717) is 5.92 Å². The molecule has 3 unspecified atom stereocenters. The van der Waals surface area contributed by atoms with Crippen molar-refractivity contribution in [3.05, 3.63) is 0 Å². The summed E-state index contributed by atoms with van der Waals surface area (Å²) >= 11 is 0. The van der Waals surface area contributed by atoms with E-state index in [1.165, 1.54) is 6.42 Å². The molecule has 0 radical (unpaired) electrons. The van der Waals surface area contributed by atoms with Crippen molar-refractivity contribution in [3.63, 3.8) is 0 Å². The van der Waals surface area contributed by atoms with Crippen LogP contribution in [0.25, 0.3) is 0 Å². The van der Waals surface area contributed by atoms with Gasteiger partial charge in [0.2, 0.25) is 5.91 Å². The van der Waals surface area contributed by atoms with Crippen molar-refractivity contribution < 1.29 is 14.7 Å². The molecule has 17 heavy (non-hydrogen) atoms. The number of aliphatic carboxylic acids is 1. The van der Waals surface area contributed by atoms with Crippen molar-refractivity contribution in [2.24, 2.45) is 16.7 Å². The number of carbonyl (C=O) groups excluding carboxylic acids is 1. The van der Waals surface area contributed by atoms with Gasteiger partial charge in [0.25, 0.3) is 0 Å². The molecule has 96 valence electrons. The fourth-order valence-electron chi connectivity index (χ4n) is 3.80. The zero-order valence-electron chi connectivity index (χ0n) is 10.7. The predicted molar refractivity (Wildman–Crippen MR) is 63.4 cm³/mol. The average molecular weight is 239 g/mol. The molecule has 2 N–H and O–H groups in total. The number of fused-ring (bicyclic) bond motifs is 2. The lowest BCUT2D eigenvalue weighted by atomic mass is 9.69. The molecule has 0 aromatic carbocycles. The zero-order valence-corrected chi connectivity index (χ0v) is 10.7. The van der Waals surface area contributed by atoms with E-state index >= 15 is 0 Å². The lowest BCUT2D eigenvalue weighted by Gasteiger charge is -2.39. The van der Waals surface area contributed by atoms with Crippen LogP contribution in [0, 0.1) is 16.7 Å². The third kappa shape index (κ3) is 1.74. The maximum absolute atomic E-state index is 11.5. The molecule has 0 saturated heterocycles. The summed E-state index contributed by atoms with van der Waals surface area (Å²) in [6, 6.07) is 0.142. The Kier molecular flexibility index (Phi) is 2.71. The first-order chi connectivity index (χ1) is 7.77. The van der Waals surface area contributed by atoms with Crippen LogP contribution in [0.1, 0.15) is 46.5 Å². The Morgan fingerprint density at radius 3 is 2.41 bits per heavy atom. The van der Waals surface area contributed by atoms with Gasteiger partial charge in [-0.15, -0.1) is 0 Å². The summed E-state index contributed by atoms with van der Waals surface area (Å²) in [6.45, 7) is 6.77. The molecule has 0 aromatic heterocycles. The number of carboxylic acid groups (broad SMARTS) is 1. The molecular weight excluding hydrogens is 218 g/mol. The summed E-state index contributed by atoms with van der Waals surface area (Å²) < 4.78 is 0. The summed E-state index contributed by atoms with van der Waals surface area (Å²) in [5, 5.41) is 11.5. The van der Waals surface area contributed by atoms with Crippen LogP contribution >= 0.6 is 0 Å². The van der Waals surface area contributed by atoms with E-state index in [1.807, 2.05) is 0 Å². The van der Waals surface area contributed by atoms with Gasteiger partial charge in [0.05, 0.1) is 0 Å². The van der Waals surface area contributed by atoms with Crippen LogP contribution in [0.15, 0.2) is 0 Å². The van der Waals surface area contributed by atoms with E-state index in [4.69, 9.17) is 5.11 Å². The summed E-state index contributed by atoms with van der Waals surface area (Å²) in [5.41, 5.74) is 0.361. The Morgan fingerprint density at radius 2 is 2.00 bits per heavy atom. The number of hydrogen-bond donors (Lipinski definition) is 2. The van der Waals surface area contributed by atoms with E-state index in [1.54, 1.807) is 0 Å². The zero-order chi connectivity index (χ0) is 12.8. The van der Waals surface area contributed by atoms with Gasteiger partial charge < -0.3 is 10.4 Å². The van der Waals surface area contributed by atoms with Crippen molar-refractivity contribution in [1.82, 2.24) is 5.32 Å². The third-order valence-corrected chi connectivity index (χ3v) is 5.44. The molecule has 0 heterocycles. The highest BCUT2D eigenvalue weighted by Gasteiger charge is 2.61. The Labute approximate surface area is 102 Å². The maximum atomic E-state index is 11.5. The molecule has 2 bridgehead atoms. The summed E-state index contributed by atoms with van der Waals surface area (Å²) in [7, 11) is 0. The van der Waals surface area contributed by atoms with Crippen LogP contribution in [-0.2, 0) is 9.59 Å². The molecular formula is C13H21NO3. The van der Waals surface area contributed by atoms with Crippen LogP contribution < -0.4 is 5.32 Å². The van der Waals surface area contributed by atoms with Gasteiger partial charge in [0.1, 0.15) is 6.42 Å². The molecule has 2 saturated carbocycles. The van der Waals surface area contributed by atoms with Crippen LogP contribution in [-0.4, -0.2) is 23.0 Å². The Balaban J connectivity index is 2.06. The van der Waals surface area contributed by atoms with E-state index in [9.17, 15) is 9.59 Å². The maximum Gasteiger partial charge on any atom is 0.312 e. The van der Waals surface area contributed by atoms with Gasteiger partial charge in [-0.2, -0.15) is 0 Å². The predicted octanol–water partition coefficient (Wildman–Crippen LogP) is 1.79. The standard InChI is InChI=1S/C13H21NO3/c1-12(2)8-4-5-13(12,3)9(6-8)14-10(15)7-11(16)17/h8-9H,4-7H2,1-3H3,(H,14,15)(H,16,17). The largest absolute Gasteiger partial charge is 0.481 e. The number of nitrogens with one attached hydrogen (secondary N) is 1. The summed E-state index contributed by atoms with van der Waals surface area (Å²) in [5.74, 6) is -0.759. The van der Waals surface area contributed by atoms with Gasteiger partial charge in [0, 0.05) is 6.04 Å². The SMILES string of the molecule is CC1(C)C2CCC1(C)C(NC(=O)CC(=O)O)C2. The topological polar surface area (TPSA) is 66.4 Å². The number of carbonyl (C=O) groups is 2. The van der Waals surface area contributed by atoms with Gasteiger partial charge in [-0.3, -0.25) is 9.59 Å². The minimum atomic E-state index is -1.06. The monoisotopic (exact) mass is 239 g/mol. The second-order valence-electron chi connectivity index (χ2n) is 6.30. The van der Waals surface area contributed by atoms with E-state index in [-0.39, 0.29) is 22.8 Å². The van der Waals surface area contributed by atoms with Gasteiger partial charge in [0.15, 0.2) is 0 Å². The first kappa shape index (κ1) is 12.4. The van der Waals surface area contributed by atoms with Gasteiger partial charge in [-0.05, 0) is 36.0 Å². The van der Waals surface area contributed by atoms with E-state index < -0.39 is 12.4 Å². The minimum Gasteiger partial charge on any atom is -0.481 e. The van der Waals surface area contributed by atoms with Crippen molar-refractivity contribution in [2.75, 3.05) is 0 Å². The molecule has 4 nitrogen and oxygen atoms in total. The Morgan fingerprint density at radius 1 is 1.35 bits per heavy atom. The molecule has 2 aliphatic rings. The Bertz CT molecular complexity index is 364. The van der Waals surface area contributed by atoms with E-state index in [0.717, 1.165) is 12.8 Å². The number of rotatable bonds is 3. The second-order valence-corrected chi connectivity index (χ2v) is 6.30. The first-order valence-electron chi connectivity index (χ1n) is 6.28. The lowest BCUT2D eigenvalue weighted by molar-refractivity contribution is -0.141. The smallest absolute Gasteiger partial charge is 0.312 e. The molecule has 0 aliphatic heterocycles. The molecule has 4 heteroatoms. The number of hydrogen-bond acceptors (Lipinski definition) is 2. The molecule has 1 amide bonds. The van der Waals surface area contributed by atoms with Crippen LogP contribution in [0.2, 0.25) is 0 Å². The second kappa shape index (κ2) is 3.72. The van der Waals surface area contributed by atoms with Gasteiger partial charge in [-0.1, -0.05) is 20.8 Å². The first-order valence-corrected chi connectivity index (χ1v) is 6.28. The highest BCUT2D eigenvalue weighted by Crippen LogP contribution is 2.65. The van der Waals surface area contributed by atoms with Gasteiger partial charge in [-0.25, -0.2) is 0 Å². The quantitative estimate of drug-likeness (QED) is 0.738. The summed E-state index contributed by atoms with van der Waals surface area (Å²) in [6.07, 6.45) is 2.93. The van der Waals surface area contributed by atoms with E-state index in [2.05, 4.69) is 26.1 Å². The van der Waals surface area contributed by atoms with Crippen LogP contribution in [0.3, 0.4) is 0 Å². The Hall–Kier alpha value is -1.06. The highest BCUT2D eigenvalue weighted by molar-refractivity contribution is 5.93. The van der Waals surface area contributed by atoms with Crippen LogP contribution in [0.4, 0.5) is 0 Å². The van der Waals surface area contributed by atoms with Crippen LogP contribution in [0.5, 0.6) is 0 Å². The molecule has 0 aromatic rings. The molecule has 2 fully saturated rings. The highest BCUT2D eigenvalue weighted by atomic mass is 16.4. The van der Waals surface area contributed by atoms with Crippen molar-refractivity contribution in [3.8, 4) is 0 Å². The molecule has 0 spiro atoms. The molecule has 3 atom stereocenters. The van der Waals surface area contributed by atoms with Crippen molar-refractivity contribution >= 4 is 11.9 Å². The molecule has 2 aliphatic carbocycles. The lowest BCUT2D eigenvalue weighted by Crippen LogP contribution is -2.47. The minimum absolute atomic E-state index is 0.117. The number of carboxylic acids is 1. The average Bonchev–Trinajstić information content (AvgIpc) is 2.49. The third-order valence-electron chi connectivity index (χ3n) is 5.44. The summed E-state index contributed by atoms with van der Waals surface area (Å²) in [4.78, 5) is 22.0. The number of amides is 1. The fourth-order valence-corrected chi connectivity index (χ4v) is 3.80. The van der Waals surface area contributed by atoms with Gasteiger partial charge >= 0.3 is 5.97 Å². The van der Waals surface area contributed by atoms with Crippen molar-refractivity contribution in [2.45, 2.75) is 52.5 Å².